The summed E-state index contributed by atoms with van der Waals surface area (Å²) in [5.41, 5.74) is 5.94. The van der Waals surface area contributed by atoms with Crippen LogP contribution in [-0.2, 0) is 12.8 Å². The number of urea groups is 1. The number of nitrogens with zero attached hydrogens (tertiary/aromatic N) is 3. The van der Waals surface area contributed by atoms with Crippen molar-refractivity contribution < 1.29 is 9.32 Å². The fourth-order valence-corrected chi connectivity index (χ4v) is 5.05. The zero-order valence-electron chi connectivity index (χ0n) is 20.1. The number of thiophene rings is 1. The van der Waals surface area contributed by atoms with E-state index in [1.807, 2.05) is 56.3 Å². The number of aryl methyl sites for hydroxylation is 2. The van der Waals surface area contributed by atoms with Crippen LogP contribution >= 0.6 is 11.3 Å². The van der Waals surface area contributed by atoms with Crippen molar-refractivity contribution in [2.45, 2.75) is 39.7 Å². The molecule has 2 aromatic carbocycles. The van der Waals surface area contributed by atoms with Crippen LogP contribution in [0, 0.1) is 6.92 Å². The maximum atomic E-state index is 13.2. The van der Waals surface area contributed by atoms with Crippen LogP contribution in [0.1, 0.15) is 47.3 Å². The minimum Gasteiger partial charge on any atom is -0.334 e. The molecule has 2 amide bonds. The van der Waals surface area contributed by atoms with Gasteiger partial charge in [0.25, 0.3) is 5.89 Å². The quantitative estimate of drug-likeness (QED) is 0.329. The van der Waals surface area contributed by atoms with Gasteiger partial charge in [0.1, 0.15) is 0 Å². The van der Waals surface area contributed by atoms with Gasteiger partial charge in [-0.3, -0.25) is 4.90 Å². The normalized spacial score (nSPS) is 16.0. The maximum absolute atomic E-state index is 13.2. The van der Waals surface area contributed by atoms with Crippen LogP contribution in [0.25, 0.3) is 17.0 Å². The van der Waals surface area contributed by atoms with Crippen molar-refractivity contribution in [3.63, 3.8) is 0 Å². The van der Waals surface area contributed by atoms with Gasteiger partial charge in [-0.1, -0.05) is 72.2 Å². The molecule has 4 aromatic rings. The number of hydrogen-bond acceptors (Lipinski definition) is 5. The Kier molecular flexibility index (Phi) is 6.51. The molecular weight excluding hydrogens is 456 g/mol. The maximum Gasteiger partial charge on any atom is 0.322 e. The van der Waals surface area contributed by atoms with Gasteiger partial charge in [0, 0.05) is 22.7 Å². The Balaban J connectivity index is 1.53. The third-order valence-electron chi connectivity index (χ3n) is 6.45. The second-order valence-corrected chi connectivity index (χ2v) is 9.78. The van der Waals surface area contributed by atoms with Gasteiger partial charge in [0.05, 0.1) is 11.6 Å². The first kappa shape index (κ1) is 23.1. The second-order valence-electron chi connectivity index (χ2n) is 8.75. The number of nitrogens with one attached hydrogen (secondary N) is 1. The highest BCUT2D eigenvalue weighted by Gasteiger charge is 2.35. The van der Waals surface area contributed by atoms with Crippen LogP contribution < -0.4 is 5.32 Å². The highest BCUT2D eigenvalue weighted by atomic mass is 32.1. The SMILES string of the molecule is CCc1ccc(-c2noc(C3=C(C)N(CCc4cccs4)C(=O)NC3c3ccc(C)cc3)n2)cc1. The number of carbonyl (C=O) groups is 1. The van der Waals surface area contributed by atoms with Crippen molar-refractivity contribution in [3.8, 4) is 11.4 Å². The van der Waals surface area contributed by atoms with E-state index in [1.165, 1.54) is 10.4 Å². The third kappa shape index (κ3) is 4.77. The first-order chi connectivity index (χ1) is 17.0. The molecule has 3 heterocycles. The summed E-state index contributed by atoms with van der Waals surface area (Å²) in [6.07, 6.45) is 1.76. The minimum atomic E-state index is -0.378. The molecule has 1 atom stereocenters. The molecule has 7 heteroatoms. The van der Waals surface area contributed by atoms with Crippen LogP contribution in [0.2, 0.25) is 0 Å². The van der Waals surface area contributed by atoms with Gasteiger partial charge in [-0.2, -0.15) is 4.98 Å². The summed E-state index contributed by atoms with van der Waals surface area (Å²) in [4.78, 5) is 21.0. The van der Waals surface area contributed by atoms with Gasteiger partial charge >= 0.3 is 6.03 Å². The van der Waals surface area contributed by atoms with Gasteiger partial charge in [0.15, 0.2) is 0 Å². The smallest absolute Gasteiger partial charge is 0.322 e. The lowest BCUT2D eigenvalue weighted by atomic mass is 9.94. The molecule has 35 heavy (non-hydrogen) atoms. The second kappa shape index (κ2) is 9.88. The summed E-state index contributed by atoms with van der Waals surface area (Å²) in [6, 6.07) is 20.0. The van der Waals surface area contributed by atoms with E-state index in [0.717, 1.165) is 40.8 Å². The number of allylic oxidation sites excluding steroid dienone is 1. The molecule has 0 radical (unpaired) electrons. The standard InChI is InChI=1S/C28H28N4O2S/c1-4-20-9-13-22(14-10-20)26-30-27(34-31-26)24-19(3)32(16-15-23-6-5-17-35-23)28(33)29-25(24)21-11-7-18(2)8-12-21/h5-14,17,25H,4,15-16H2,1-3H3,(H,29,33). The summed E-state index contributed by atoms with van der Waals surface area (Å²) >= 11 is 1.70. The molecule has 1 aliphatic heterocycles. The molecule has 6 nitrogen and oxygen atoms in total. The lowest BCUT2D eigenvalue weighted by Crippen LogP contribution is -2.46. The molecule has 5 rings (SSSR count). The molecule has 0 fully saturated rings. The molecule has 0 bridgehead atoms. The predicted octanol–water partition coefficient (Wildman–Crippen LogP) is 6.41. The summed E-state index contributed by atoms with van der Waals surface area (Å²) in [6.45, 7) is 6.71. The van der Waals surface area contributed by atoms with E-state index in [4.69, 9.17) is 9.51 Å². The fourth-order valence-electron chi connectivity index (χ4n) is 4.35. The lowest BCUT2D eigenvalue weighted by Gasteiger charge is -2.35. The Morgan fingerprint density at radius 2 is 1.83 bits per heavy atom. The largest absolute Gasteiger partial charge is 0.334 e. The molecular formula is C28H28N4O2S. The van der Waals surface area contributed by atoms with Gasteiger partial charge in [0.2, 0.25) is 5.82 Å². The van der Waals surface area contributed by atoms with E-state index in [0.29, 0.717) is 18.3 Å². The van der Waals surface area contributed by atoms with E-state index < -0.39 is 0 Å². The molecule has 1 unspecified atom stereocenters. The zero-order chi connectivity index (χ0) is 24.4. The fraction of sp³-hybridized carbons (Fsp3) is 0.250. The molecule has 0 spiro atoms. The Bertz CT molecular complexity index is 1340. The topological polar surface area (TPSA) is 71.3 Å². The Hall–Kier alpha value is -3.71. The Morgan fingerprint density at radius 3 is 2.51 bits per heavy atom. The summed E-state index contributed by atoms with van der Waals surface area (Å²) in [7, 11) is 0. The van der Waals surface area contributed by atoms with Crippen LogP contribution in [0.4, 0.5) is 4.79 Å². The first-order valence-corrected chi connectivity index (χ1v) is 12.7. The molecule has 0 saturated carbocycles. The average Bonchev–Trinajstić information content (AvgIpc) is 3.57. The summed E-state index contributed by atoms with van der Waals surface area (Å²) in [5, 5.41) is 9.51. The molecule has 1 N–H and O–H groups in total. The summed E-state index contributed by atoms with van der Waals surface area (Å²) in [5.74, 6) is 0.955. The van der Waals surface area contributed by atoms with Crippen molar-refractivity contribution >= 4 is 22.9 Å². The predicted molar refractivity (Wildman–Crippen MR) is 139 cm³/mol. The number of rotatable bonds is 7. The Labute approximate surface area is 209 Å². The third-order valence-corrected chi connectivity index (χ3v) is 7.38. The highest BCUT2D eigenvalue weighted by Crippen LogP contribution is 2.37. The van der Waals surface area contributed by atoms with E-state index in [2.05, 4.69) is 41.0 Å². The lowest BCUT2D eigenvalue weighted by molar-refractivity contribution is 0.205. The molecule has 0 aliphatic carbocycles. The van der Waals surface area contributed by atoms with Crippen LogP contribution in [-0.4, -0.2) is 27.6 Å². The van der Waals surface area contributed by atoms with Crippen molar-refractivity contribution in [1.82, 2.24) is 20.4 Å². The monoisotopic (exact) mass is 484 g/mol. The highest BCUT2D eigenvalue weighted by molar-refractivity contribution is 7.09. The van der Waals surface area contributed by atoms with Crippen LogP contribution in [0.5, 0.6) is 0 Å². The molecule has 178 valence electrons. The van der Waals surface area contributed by atoms with Gasteiger partial charge < -0.3 is 9.84 Å². The molecule has 0 saturated heterocycles. The average molecular weight is 485 g/mol. The van der Waals surface area contributed by atoms with E-state index in [9.17, 15) is 4.79 Å². The van der Waals surface area contributed by atoms with E-state index in [1.54, 1.807) is 16.2 Å². The number of carbonyl (C=O) groups excluding carboxylic acids is 1. The summed E-state index contributed by atoms with van der Waals surface area (Å²) < 4.78 is 5.80. The van der Waals surface area contributed by atoms with Gasteiger partial charge in [-0.15, -0.1) is 11.3 Å². The van der Waals surface area contributed by atoms with E-state index in [-0.39, 0.29) is 12.1 Å². The van der Waals surface area contributed by atoms with Crippen molar-refractivity contribution in [2.75, 3.05) is 6.54 Å². The van der Waals surface area contributed by atoms with Crippen molar-refractivity contribution in [1.29, 1.82) is 0 Å². The number of amides is 2. The van der Waals surface area contributed by atoms with Crippen molar-refractivity contribution in [2.24, 2.45) is 0 Å². The van der Waals surface area contributed by atoms with Gasteiger partial charge in [-0.25, -0.2) is 4.79 Å². The van der Waals surface area contributed by atoms with Crippen LogP contribution in [0.3, 0.4) is 0 Å². The number of hydrogen-bond donors (Lipinski definition) is 1. The van der Waals surface area contributed by atoms with Gasteiger partial charge in [-0.05, 0) is 49.3 Å². The number of aromatic nitrogens is 2. The number of benzene rings is 2. The van der Waals surface area contributed by atoms with Crippen LogP contribution in [0.15, 0.2) is 76.3 Å². The zero-order valence-corrected chi connectivity index (χ0v) is 20.9. The first-order valence-electron chi connectivity index (χ1n) is 11.8. The molecule has 2 aromatic heterocycles. The molecule has 1 aliphatic rings. The Morgan fingerprint density at radius 1 is 1.06 bits per heavy atom. The van der Waals surface area contributed by atoms with Crippen molar-refractivity contribution in [3.05, 3.63) is 99.2 Å². The van der Waals surface area contributed by atoms with E-state index >= 15 is 0 Å². The minimum absolute atomic E-state index is 0.122.